The van der Waals surface area contributed by atoms with E-state index >= 15 is 0 Å². The molecular formula is C6H14N2. The minimum atomic E-state index is 0.773. The Bertz CT molecular complexity index is 59.5. The van der Waals surface area contributed by atoms with Gasteiger partial charge in [0.2, 0.25) is 0 Å². The molecule has 0 bridgehead atoms. The standard InChI is InChI=1S/C6H14N2/c1-2-7-5-6-3-4-8-6/h6-8H,2-5H2,1H3. The minimum Gasteiger partial charge on any atom is -0.315 e. The summed E-state index contributed by atoms with van der Waals surface area (Å²) in [6, 6.07) is 0.773. The summed E-state index contributed by atoms with van der Waals surface area (Å²) in [5.41, 5.74) is 0. The van der Waals surface area contributed by atoms with Crippen LogP contribution >= 0.6 is 0 Å². The van der Waals surface area contributed by atoms with Crippen molar-refractivity contribution in [3.8, 4) is 0 Å². The van der Waals surface area contributed by atoms with Crippen LogP contribution in [0.4, 0.5) is 0 Å². The Morgan fingerprint density at radius 3 is 2.88 bits per heavy atom. The predicted molar refractivity (Wildman–Crippen MR) is 35.0 cm³/mol. The Hall–Kier alpha value is -0.0800. The summed E-state index contributed by atoms with van der Waals surface area (Å²) in [5.74, 6) is 0. The third kappa shape index (κ3) is 1.46. The zero-order valence-corrected chi connectivity index (χ0v) is 5.41. The van der Waals surface area contributed by atoms with E-state index in [1.165, 1.54) is 13.0 Å². The fraction of sp³-hybridized carbons (Fsp3) is 1.00. The van der Waals surface area contributed by atoms with Gasteiger partial charge in [-0.25, -0.2) is 0 Å². The Labute approximate surface area is 50.7 Å². The largest absolute Gasteiger partial charge is 0.315 e. The minimum absolute atomic E-state index is 0.773. The molecule has 2 N–H and O–H groups in total. The van der Waals surface area contributed by atoms with Crippen LogP contribution < -0.4 is 10.6 Å². The Morgan fingerprint density at radius 1 is 1.75 bits per heavy atom. The van der Waals surface area contributed by atoms with Crippen molar-refractivity contribution in [2.45, 2.75) is 19.4 Å². The van der Waals surface area contributed by atoms with E-state index in [2.05, 4.69) is 17.6 Å². The highest BCUT2D eigenvalue weighted by Gasteiger charge is 2.13. The van der Waals surface area contributed by atoms with Gasteiger partial charge in [0.25, 0.3) is 0 Å². The molecule has 0 amide bonds. The number of hydrogen-bond donors (Lipinski definition) is 2. The molecular weight excluding hydrogens is 100 g/mol. The van der Waals surface area contributed by atoms with Crippen LogP contribution in [-0.2, 0) is 0 Å². The van der Waals surface area contributed by atoms with Crippen molar-refractivity contribution in [2.24, 2.45) is 0 Å². The Balaban J connectivity index is 1.86. The third-order valence-corrected chi connectivity index (χ3v) is 1.57. The van der Waals surface area contributed by atoms with Crippen LogP contribution in [0.25, 0.3) is 0 Å². The first kappa shape index (κ1) is 6.05. The molecule has 1 rings (SSSR count). The normalized spacial score (nSPS) is 27.4. The summed E-state index contributed by atoms with van der Waals surface area (Å²) in [6.07, 6.45) is 1.35. The van der Waals surface area contributed by atoms with Crippen LogP contribution in [0.2, 0.25) is 0 Å². The van der Waals surface area contributed by atoms with Crippen molar-refractivity contribution in [1.29, 1.82) is 0 Å². The first-order valence-corrected chi connectivity index (χ1v) is 3.37. The molecule has 0 aromatic rings. The van der Waals surface area contributed by atoms with Gasteiger partial charge in [0.05, 0.1) is 0 Å². The second-order valence-electron chi connectivity index (χ2n) is 2.25. The van der Waals surface area contributed by atoms with Crippen molar-refractivity contribution < 1.29 is 0 Å². The van der Waals surface area contributed by atoms with E-state index in [0.717, 1.165) is 19.1 Å². The van der Waals surface area contributed by atoms with Gasteiger partial charge in [0, 0.05) is 12.6 Å². The molecule has 48 valence electrons. The fourth-order valence-electron chi connectivity index (χ4n) is 0.841. The summed E-state index contributed by atoms with van der Waals surface area (Å²) in [7, 11) is 0. The molecule has 1 fully saturated rings. The highest BCUT2D eigenvalue weighted by molar-refractivity contribution is 4.78. The van der Waals surface area contributed by atoms with E-state index in [-0.39, 0.29) is 0 Å². The van der Waals surface area contributed by atoms with Gasteiger partial charge in [-0.2, -0.15) is 0 Å². The van der Waals surface area contributed by atoms with Crippen LogP contribution in [0.5, 0.6) is 0 Å². The summed E-state index contributed by atoms with van der Waals surface area (Å²) in [6.45, 7) is 5.60. The first-order chi connectivity index (χ1) is 3.93. The molecule has 1 unspecified atom stereocenters. The van der Waals surface area contributed by atoms with Crippen LogP contribution in [0, 0.1) is 0 Å². The lowest BCUT2D eigenvalue weighted by Crippen LogP contribution is -2.49. The number of hydrogen-bond acceptors (Lipinski definition) is 2. The zero-order chi connectivity index (χ0) is 5.82. The van der Waals surface area contributed by atoms with Gasteiger partial charge in [0.1, 0.15) is 0 Å². The predicted octanol–water partition coefficient (Wildman–Crippen LogP) is -0.0422. The van der Waals surface area contributed by atoms with E-state index in [1.807, 2.05) is 0 Å². The van der Waals surface area contributed by atoms with Crippen LogP contribution in [0.3, 0.4) is 0 Å². The summed E-state index contributed by atoms with van der Waals surface area (Å²) in [4.78, 5) is 0. The molecule has 1 aliphatic heterocycles. The van der Waals surface area contributed by atoms with Crippen molar-refractivity contribution >= 4 is 0 Å². The smallest absolute Gasteiger partial charge is 0.0204 e. The van der Waals surface area contributed by atoms with Gasteiger partial charge in [-0.1, -0.05) is 6.92 Å². The highest BCUT2D eigenvalue weighted by atomic mass is 15.0. The van der Waals surface area contributed by atoms with E-state index in [1.54, 1.807) is 0 Å². The molecule has 8 heavy (non-hydrogen) atoms. The molecule has 2 nitrogen and oxygen atoms in total. The van der Waals surface area contributed by atoms with Gasteiger partial charge in [-0.3, -0.25) is 0 Å². The molecule has 0 aliphatic carbocycles. The fourth-order valence-corrected chi connectivity index (χ4v) is 0.841. The average Bonchev–Trinajstić information content (AvgIpc) is 1.63. The first-order valence-electron chi connectivity index (χ1n) is 3.37. The van der Waals surface area contributed by atoms with E-state index in [0.29, 0.717) is 0 Å². The quantitative estimate of drug-likeness (QED) is 0.538. The van der Waals surface area contributed by atoms with Gasteiger partial charge >= 0.3 is 0 Å². The maximum atomic E-state index is 3.32. The van der Waals surface area contributed by atoms with Gasteiger partial charge in [-0.05, 0) is 19.5 Å². The monoisotopic (exact) mass is 114 g/mol. The Morgan fingerprint density at radius 2 is 2.50 bits per heavy atom. The zero-order valence-electron chi connectivity index (χ0n) is 5.41. The molecule has 1 saturated heterocycles. The van der Waals surface area contributed by atoms with Crippen molar-refractivity contribution in [3.63, 3.8) is 0 Å². The maximum Gasteiger partial charge on any atom is 0.0204 e. The lowest BCUT2D eigenvalue weighted by atomic mass is 10.1. The summed E-state index contributed by atoms with van der Waals surface area (Å²) >= 11 is 0. The average molecular weight is 114 g/mol. The van der Waals surface area contributed by atoms with Crippen LogP contribution in [-0.4, -0.2) is 25.7 Å². The van der Waals surface area contributed by atoms with Crippen molar-refractivity contribution in [1.82, 2.24) is 10.6 Å². The van der Waals surface area contributed by atoms with Crippen molar-refractivity contribution in [2.75, 3.05) is 19.6 Å². The molecule has 1 heterocycles. The van der Waals surface area contributed by atoms with Crippen LogP contribution in [0.1, 0.15) is 13.3 Å². The van der Waals surface area contributed by atoms with E-state index in [4.69, 9.17) is 0 Å². The van der Waals surface area contributed by atoms with Gasteiger partial charge in [-0.15, -0.1) is 0 Å². The molecule has 0 saturated carbocycles. The highest BCUT2D eigenvalue weighted by Crippen LogP contribution is 1.98. The molecule has 0 aromatic heterocycles. The topological polar surface area (TPSA) is 24.1 Å². The van der Waals surface area contributed by atoms with Crippen LogP contribution in [0.15, 0.2) is 0 Å². The SMILES string of the molecule is CCNCC1CCN1. The molecule has 2 heteroatoms. The number of likely N-dealkylation sites (N-methyl/N-ethyl adjacent to an activating group) is 1. The summed E-state index contributed by atoms with van der Waals surface area (Å²) in [5, 5.41) is 6.61. The number of rotatable bonds is 3. The third-order valence-electron chi connectivity index (χ3n) is 1.57. The lowest BCUT2D eigenvalue weighted by Gasteiger charge is -2.27. The maximum absolute atomic E-state index is 3.32. The molecule has 1 aliphatic rings. The molecule has 0 spiro atoms. The van der Waals surface area contributed by atoms with Gasteiger partial charge < -0.3 is 10.6 Å². The molecule has 0 aromatic carbocycles. The second kappa shape index (κ2) is 3.05. The Kier molecular flexibility index (Phi) is 2.30. The lowest BCUT2D eigenvalue weighted by molar-refractivity contribution is 0.356. The second-order valence-corrected chi connectivity index (χ2v) is 2.25. The number of nitrogens with one attached hydrogen (secondary N) is 2. The van der Waals surface area contributed by atoms with E-state index in [9.17, 15) is 0 Å². The van der Waals surface area contributed by atoms with E-state index < -0.39 is 0 Å². The van der Waals surface area contributed by atoms with Gasteiger partial charge in [0.15, 0.2) is 0 Å². The molecule has 1 atom stereocenters. The molecule has 0 radical (unpaired) electrons. The van der Waals surface area contributed by atoms with Crippen molar-refractivity contribution in [3.05, 3.63) is 0 Å². The summed E-state index contributed by atoms with van der Waals surface area (Å²) < 4.78 is 0.